The Bertz CT molecular complexity index is 639. The van der Waals surface area contributed by atoms with Crippen molar-refractivity contribution in [1.82, 2.24) is 4.98 Å². The van der Waals surface area contributed by atoms with Crippen molar-refractivity contribution in [3.05, 3.63) is 40.6 Å². The Morgan fingerprint density at radius 3 is 2.80 bits per heavy atom. The highest BCUT2D eigenvalue weighted by Crippen LogP contribution is 2.32. The molecule has 20 heavy (non-hydrogen) atoms. The van der Waals surface area contributed by atoms with Gasteiger partial charge in [-0.15, -0.1) is 0 Å². The average Bonchev–Trinajstić information content (AvgIpc) is 2.48. The van der Waals surface area contributed by atoms with E-state index in [4.69, 9.17) is 4.74 Å². The SMILES string of the molecule is O=[N+]([O-])c1cnc2ccccc2c1NC1CCOCC1. The highest BCUT2D eigenvalue weighted by atomic mass is 16.6. The number of aromatic nitrogens is 1. The van der Waals surface area contributed by atoms with Crippen molar-refractivity contribution in [3.8, 4) is 0 Å². The molecule has 6 nitrogen and oxygen atoms in total. The van der Waals surface area contributed by atoms with Crippen molar-refractivity contribution in [3.63, 3.8) is 0 Å². The maximum Gasteiger partial charge on any atom is 0.311 e. The van der Waals surface area contributed by atoms with Gasteiger partial charge in [0.05, 0.1) is 10.4 Å². The molecular weight excluding hydrogens is 258 g/mol. The summed E-state index contributed by atoms with van der Waals surface area (Å²) in [5, 5.41) is 15.3. The van der Waals surface area contributed by atoms with Gasteiger partial charge in [-0.25, -0.2) is 4.98 Å². The van der Waals surface area contributed by atoms with Crippen molar-refractivity contribution < 1.29 is 9.66 Å². The number of hydrogen-bond acceptors (Lipinski definition) is 5. The molecule has 0 atom stereocenters. The van der Waals surface area contributed by atoms with Crippen LogP contribution in [0.15, 0.2) is 30.5 Å². The maximum absolute atomic E-state index is 11.2. The molecule has 1 N–H and O–H groups in total. The molecule has 0 spiro atoms. The second kappa shape index (κ2) is 5.42. The maximum atomic E-state index is 11.2. The molecule has 0 amide bonds. The lowest BCUT2D eigenvalue weighted by atomic mass is 10.1. The average molecular weight is 273 g/mol. The van der Waals surface area contributed by atoms with Gasteiger partial charge >= 0.3 is 5.69 Å². The number of pyridine rings is 1. The third-order valence-corrected chi connectivity index (χ3v) is 3.52. The van der Waals surface area contributed by atoms with Crippen LogP contribution in [0, 0.1) is 10.1 Å². The highest BCUT2D eigenvalue weighted by molar-refractivity contribution is 5.95. The van der Waals surface area contributed by atoms with E-state index in [9.17, 15) is 10.1 Å². The van der Waals surface area contributed by atoms with Gasteiger partial charge in [-0.1, -0.05) is 18.2 Å². The zero-order valence-electron chi connectivity index (χ0n) is 10.9. The van der Waals surface area contributed by atoms with Crippen molar-refractivity contribution in [2.45, 2.75) is 18.9 Å². The lowest BCUT2D eigenvalue weighted by molar-refractivity contribution is -0.384. The van der Waals surface area contributed by atoms with E-state index in [2.05, 4.69) is 10.3 Å². The van der Waals surface area contributed by atoms with Crippen LogP contribution in [0.3, 0.4) is 0 Å². The Hall–Kier alpha value is -2.21. The molecule has 1 aliphatic rings. The fraction of sp³-hybridized carbons (Fsp3) is 0.357. The van der Waals surface area contributed by atoms with E-state index in [1.165, 1.54) is 6.20 Å². The topological polar surface area (TPSA) is 77.3 Å². The summed E-state index contributed by atoms with van der Waals surface area (Å²) >= 11 is 0. The van der Waals surface area contributed by atoms with Gasteiger partial charge in [-0.2, -0.15) is 0 Å². The van der Waals surface area contributed by atoms with Crippen LogP contribution in [0.5, 0.6) is 0 Å². The van der Waals surface area contributed by atoms with Crippen molar-refractivity contribution in [1.29, 1.82) is 0 Å². The largest absolute Gasteiger partial charge is 0.381 e. The molecular formula is C14H15N3O3. The van der Waals surface area contributed by atoms with E-state index in [0.717, 1.165) is 23.7 Å². The molecule has 0 radical (unpaired) electrons. The van der Waals surface area contributed by atoms with Crippen LogP contribution >= 0.6 is 0 Å². The molecule has 0 saturated carbocycles. The highest BCUT2D eigenvalue weighted by Gasteiger charge is 2.22. The number of nitrogens with one attached hydrogen (secondary N) is 1. The van der Waals surface area contributed by atoms with Gasteiger partial charge in [-0.05, 0) is 18.9 Å². The van der Waals surface area contributed by atoms with E-state index in [1.807, 2.05) is 24.3 Å². The predicted molar refractivity (Wildman–Crippen MR) is 75.9 cm³/mol. The molecule has 1 aliphatic heterocycles. The molecule has 1 fully saturated rings. The number of anilines is 1. The molecule has 1 aromatic heterocycles. The van der Waals surface area contributed by atoms with Gasteiger partial charge in [0.25, 0.3) is 0 Å². The molecule has 6 heteroatoms. The number of hydrogen-bond donors (Lipinski definition) is 1. The Morgan fingerprint density at radius 1 is 1.30 bits per heavy atom. The van der Waals surface area contributed by atoms with Gasteiger partial charge in [0.15, 0.2) is 0 Å². The summed E-state index contributed by atoms with van der Waals surface area (Å²) in [5.74, 6) is 0. The van der Waals surface area contributed by atoms with E-state index in [1.54, 1.807) is 0 Å². The van der Waals surface area contributed by atoms with Gasteiger partial charge in [0.1, 0.15) is 11.9 Å². The number of nitro groups is 1. The first-order valence-corrected chi connectivity index (χ1v) is 6.62. The normalized spacial score (nSPS) is 16.2. The van der Waals surface area contributed by atoms with Crippen LogP contribution < -0.4 is 5.32 Å². The molecule has 0 aliphatic carbocycles. The second-order valence-corrected chi connectivity index (χ2v) is 4.82. The lowest BCUT2D eigenvalue weighted by Gasteiger charge is -2.24. The van der Waals surface area contributed by atoms with Crippen molar-refractivity contribution in [2.24, 2.45) is 0 Å². The Kier molecular flexibility index (Phi) is 3.47. The first-order chi connectivity index (χ1) is 9.75. The van der Waals surface area contributed by atoms with E-state index >= 15 is 0 Å². The van der Waals surface area contributed by atoms with Crippen LogP contribution in [0.4, 0.5) is 11.4 Å². The van der Waals surface area contributed by atoms with E-state index in [0.29, 0.717) is 18.9 Å². The number of nitrogens with zero attached hydrogens (tertiary/aromatic N) is 2. The third kappa shape index (κ3) is 2.42. The van der Waals surface area contributed by atoms with Crippen LogP contribution in [-0.2, 0) is 4.74 Å². The minimum Gasteiger partial charge on any atom is -0.381 e. The first kappa shape index (κ1) is 12.8. The minimum atomic E-state index is -0.388. The Morgan fingerprint density at radius 2 is 2.05 bits per heavy atom. The number of para-hydroxylation sites is 1. The summed E-state index contributed by atoms with van der Waals surface area (Å²) in [6, 6.07) is 7.65. The molecule has 104 valence electrons. The molecule has 0 unspecified atom stereocenters. The Labute approximate surface area is 115 Å². The summed E-state index contributed by atoms with van der Waals surface area (Å²) in [7, 11) is 0. The summed E-state index contributed by atoms with van der Waals surface area (Å²) < 4.78 is 5.32. The Balaban J connectivity index is 2.04. The number of rotatable bonds is 3. The molecule has 1 saturated heterocycles. The van der Waals surface area contributed by atoms with Crippen LogP contribution in [0.25, 0.3) is 10.9 Å². The number of ether oxygens (including phenoxy) is 1. The quantitative estimate of drug-likeness (QED) is 0.687. The van der Waals surface area contributed by atoms with E-state index < -0.39 is 0 Å². The van der Waals surface area contributed by atoms with E-state index in [-0.39, 0.29) is 16.7 Å². The molecule has 3 rings (SSSR count). The molecule has 2 aromatic rings. The zero-order valence-corrected chi connectivity index (χ0v) is 10.9. The second-order valence-electron chi connectivity index (χ2n) is 4.82. The number of fused-ring (bicyclic) bond motifs is 1. The predicted octanol–water partition coefficient (Wildman–Crippen LogP) is 2.73. The summed E-state index contributed by atoms with van der Waals surface area (Å²) in [6.45, 7) is 1.38. The van der Waals surface area contributed by atoms with Gasteiger partial charge in [-0.3, -0.25) is 10.1 Å². The standard InChI is InChI=1S/C14H15N3O3/c18-17(19)13-9-15-12-4-2-1-3-11(12)14(13)16-10-5-7-20-8-6-10/h1-4,9-10H,5-8H2,(H,15,16). The van der Waals surface area contributed by atoms with Crippen molar-refractivity contribution in [2.75, 3.05) is 18.5 Å². The van der Waals surface area contributed by atoms with Crippen LogP contribution in [-0.4, -0.2) is 29.2 Å². The monoisotopic (exact) mass is 273 g/mol. The lowest BCUT2D eigenvalue weighted by Crippen LogP contribution is -2.28. The molecule has 2 heterocycles. The van der Waals surface area contributed by atoms with Crippen molar-refractivity contribution >= 4 is 22.3 Å². The van der Waals surface area contributed by atoms with Gasteiger partial charge in [0, 0.05) is 24.6 Å². The van der Waals surface area contributed by atoms with Crippen LogP contribution in [0.2, 0.25) is 0 Å². The fourth-order valence-corrected chi connectivity index (χ4v) is 2.47. The zero-order chi connectivity index (χ0) is 13.9. The molecule has 1 aromatic carbocycles. The first-order valence-electron chi connectivity index (χ1n) is 6.62. The summed E-state index contributed by atoms with van der Waals surface area (Å²) in [6.07, 6.45) is 3.03. The smallest absolute Gasteiger partial charge is 0.311 e. The van der Waals surface area contributed by atoms with Gasteiger partial charge in [0.2, 0.25) is 0 Å². The number of benzene rings is 1. The third-order valence-electron chi connectivity index (χ3n) is 3.52. The van der Waals surface area contributed by atoms with Crippen LogP contribution in [0.1, 0.15) is 12.8 Å². The minimum absolute atomic E-state index is 0.0233. The molecule has 0 bridgehead atoms. The van der Waals surface area contributed by atoms with Gasteiger partial charge < -0.3 is 10.1 Å². The fourth-order valence-electron chi connectivity index (χ4n) is 2.47. The summed E-state index contributed by atoms with van der Waals surface area (Å²) in [4.78, 5) is 15.0. The summed E-state index contributed by atoms with van der Waals surface area (Å²) in [5.41, 5.74) is 1.34.